The normalized spacial score (nSPS) is 10.8. The van der Waals surface area contributed by atoms with Crippen molar-refractivity contribution in [2.24, 2.45) is 4.99 Å². The molecule has 1 aromatic carbocycles. The van der Waals surface area contributed by atoms with Gasteiger partial charge in [0.25, 0.3) is 0 Å². The van der Waals surface area contributed by atoms with Gasteiger partial charge in [-0.05, 0) is 12.5 Å². The van der Waals surface area contributed by atoms with Crippen molar-refractivity contribution >= 4 is 29.3 Å². The van der Waals surface area contributed by atoms with Crippen LogP contribution in [0.1, 0.15) is 11.1 Å². The van der Waals surface area contributed by atoms with Crippen molar-refractivity contribution in [3.8, 4) is 0 Å². The molecule has 0 heterocycles. The molecule has 4 heteroatoms. The van der Waals surface area contributed by atoms with E-state index in [0.29, 0.717) is 6.42 Å². The van der Waals surface area contributed by atoms with Crippen LogP contribution < -0.4 is 0 Å². The third kappa shape index (κ3) is 3.51. The first-order valence-corrected chi connectivity index (χ1v) is 4.81. The predicted octanol–water partition coefficient (Wildman–Crippen LogP) is 3.00. The number of nitrogens with zero attached hydrogens (tertiary/aromatic N) is 1. The van der Waals surface area contributed by atoms with Crippen LogP contribution in [0, 0.1) is 6.92 Å². The fourth-order valence-electron chi connectivity index (χ4n) is 1.06. The molecule has 74 valence electrons. The monoisotopic (exact) mass is 229 g/mol. The van der Waals surface area contributed by atoms with Crippen LogP contribution in [0.15, 0.2) is 29.3 Å². The molecule has 0 aromatic heterocycles. The highest BCUT2D eigenvalue weighted by Crippen LogP contribution is 2.27. The van der Waals surface area contributed by atoms with Crippen LogP contribution in [0.2, 0.25) is 0 Å². The fraction of sp³-hybridized carbons (Fsp3) is 0.300. The van der Waals surface area contributed by atoms with Gasteiger partial charge in [0.15, 0.2) is 0 Å². The largest absolute Gasteiger partial charge is 0.238 e. The molecule has 0 aliphatic carbocycles. The second-order valence-electron chi connectivity index (χ2n) is 3.03. The van der Waals surface area contributed by atoms with Gasteiger partial charge in [-0.3, -0.25) is 0 Å². The van der Waals surface area contributed by atoms with E-state index in [1.165, 1.54) is 6.08 Å². The molecule has 1 aromatic rings. The average molecular weight is 230 g/mol. The maximum absolute atomic E-state index is 10.0. The van der Waals surface area contributed by atoms with Crippen molar-refractivity contribution in [3.63, 3.8) is 0 Å². The molecule has 0 amide bonds. The Hall–Kier alpha value is -0.820. The van der Waals surface area contributed by atoms with E-state index in [2.05, 4.69) is 4.99 Å². The Balaban J connectivity index is 2.78. The summed E-state index contributed by atoms with van der Waals surface area (Å²) in [5, 5.41) is 0. The summed E-state index contributed by atoms with van der Waals surface area (Å²) < 4.78 is -1.41. The highest BCUT2D eigenvalue weighted by atomic mass is 35.5. The lowest BCUT2D eigenvalue weighted by Gasteiger charge is -2.11. The summed E-state index contributed by atoms with van der Waals surface area (Å²) in [4.78, 5) is 13.3. The summed E-state index contributed by atoms with van der Waals surface area (Å²) in [7, 11) is 0. The lowest BCUT2D eigenvalue weighted by molar-refractivity contribution is 0.560. The van der Waals surface area contributed by atoms with Gasteiger partial charge >= 0.3 is 0 Å². The highest BCUT2D eigenvalue weighted by molar-refractivity contribution is 6.48. The zero-order valence-electron chi connectivity index (χ0n) is 7.63. The van der Waals surface area contributed by atoms with E-state index in [1.807, 2.05) is 31.2 Å². The summed E-state index contributed by atoms with van der Waals surface area (Å²) in [6.07, 6.45) is 1.65. The van der Waals surface area contributed by atoms with Crippen LogP contribution in [0.5, 0.6) is 0 Å². The second kappa shape index (κ2) is 4.61. The van der Waals surface area contributed by atoms with E-state index in [9.17, 15) is 4.79 Å². The molecule has 1 rings (SSSR count). The molecule has 0 unspecified atom stereocenters. The van der Waals surface area contributed by atoms with Crippen LogP contribution >= 0.6 is 23.2 Å². The standard InChI is InChI=1S/C10H9Cl2NO/c1-8-2-4-9(5-3-8)6-10(11,12)13-7-14/h2-5H,6H2,1H3. The van der Waals surface area contributed by atoms with E-state index in [-0.39, 0.29) is 0 Å². The number of hydrogen-bond donors (Lipinski definition) is 0. The van der Waals surface area contributed by atoms with Crippen LogP contribution in [0.4, 0.5) is 0 Å². The predicted molar refractivity (Wildman–Crippen MR) is 57.4 cm³/mol. The molecule has 0 saturated heterocycles. The molecule has 0 aliphatic heterocycles. The van der Waals surface area contributed by atoms with Crippen LogP contribution in [-0.2, 0) is 11.2 Å². The Morgan fingerprint density at radius 2 is 1.93 bits per heavy atom. The molecule has 0 atom stereocenters. The summed E-state index contributed by atoms with van der Waals surface area (Å²) >= 11 is 11.5. The number of rotatable bonds is 3. The number of benzene rings is 1. The van der Waals surface area contributed by atoms with Crippen molar-refractivity contribution in [1.82, 2.24) is 0 Å². The van der Waals surface area contributed by atoms with E-state index in [4.69, 9.17) is 23.2 Å². The Labute approximate surface area is 92.6 Å². The highest BCUT2D eigenvalue weighted by Gasteiger charge is 2.22. The summed E-state index contributed by atoms with van der Waals surface area (Å²) in [5.74, 6) is 0. The maximum Gasteiger partial charge on any atom is 0.238 e. The van der Waals surface area contributed by atoms with Gasteiger partial charge in [0.2, 0.25) is 10.5 Å². The first-order chi connectivity index (χ1) is 6.53. The average Bonchev–Trinajstić information content (AvgIpc) is 2.08. The fourth-order valence-corrected chi connectivity index (χ4v) is 1.44. The van der Waals surface area contributed by atoms with Gasteiger partial charge < -0.3 is 0 Å². The molecule has 0 fully saturated rings. The zero-order chi connectivity index (χ0) is 10.6. The second-order valence-corrected chi connectivity index (χ2v) is 4.48. The van der Waals surface area contributed by atoms with Crippen molar-refractivity contribution in [3.05, 3.63) is 35.4 Å². The number of hydrogen-bond acceptors (Lipinski definition) is 2. The third-order valence-corrected chi connectivity index (χ3v) is 2.18. The Kier molecular flexibility index (Phi) is 3.70. The third-order valence-electron chi connectivity index (χ3n) is 1.75. The first kappa shape index (κ1) is 11.3. The number of aryl methyl sites for hydroxylation is 1. The first-order valence-electron chi connectivity index (χ1n) is 4.06. The number of isocyanates is 1. The Morgan fingerprint density at radius 3 is 2.43 bits per heavy atom. The van der Waals surface area contributed by atoms with Crippen LogP contribution in [-0.4, -0.2) is 10.5 Å². The number of aliphatic imine (C=N–C) groups is 1. The van der Waals surface area contributed by atoms with Gasteiger partial charge in [-0.25, -0.2) is 4.79 Å². The van der Waals surface area contributed by atoms with Gasteiger partial charge in [-0.15, -0.1) is 0 Å². The molecular formula is C10H9Cl2NO. The smallest absolute Gasteiger partial charge is 0.211 e. The summed E-state index contributed by atoms with van der Waals surface area (Å²) in [5.41, 5.74) is 2.09. The van der Waals surface area contributed by atoms with Gasteiger partial charge in [0.05, 0.1) is 0 Å². The quantitative estimate of drug-likeness (QED) is 0.339. The molecule has 2 nitrogen and oxygen atoms in total. The molecule has 0 bridgehead atoms. The van der Waals surface area contributed by atoms with E-state index < -0.39 is 4.46 Å². The molecular weight excluding hydrogens is 221 g/mol. The van der Waals surface area contributed by atoms with Crippen LogP contribution in [0.3, 0.4) is 0 Å². The van der Waals surface area contributed by atoms with Crippen molar-refractivity contribution < 1.29 is 4.79 Å². The van der Waals surface area contributed by atoms with E-state index >= 15 is 0 Å². The Morgan fingerprint density at radius 1 is 1.36 bits per heavy atom. The topological polar surface area (TPSA) is 29.4 Å². The lowest BCUT2D eigenvalue weighted by Crippen LogP contribution is -2.12. The number of alkyl halides is 2. The van der Waals surface area contributed by atoms with Crippen LogP contribution in [0.25, 0.3) is 0 Å². The maximum atomic E-state index is 10.0. The molecule has 0 N–H and O–H groups in total. The molecule has 0 radical (unpaired) electrons. The van der Waals surface area contributed by atoms with E-state index in [1.54, 1.807) is 0 Å². The van der Waals surface area contributed by atoms with Gasteiger partial charge in [-0.1, -0.05) is 53.0 Å². The zero-order valence-corrected chi connectivity index (χ0v) is 9.14. The SMILES string of the molecule is Cc1ccc(CC(Cl)(Cl)N=C=O)cc1. The number of halogens is 2. The van der Waals surface area contributed by atoms with Crippen molar-refractivity contribution in [1.29, 1.82) is 0 Å². The lowest BCUT2D eigenvalue weighted by atomic mass is 10.1. The minimum absolute atomic E-state index is 0.297. The summed E-state index contributed by atoms with van der Waals surface area (Å²) in [6, 6.07) is 7.69. The minimum atomic E-state index is -1.41. The van der Waals surface area contributed by atoms with Gasteiger partial charge in [-0.2, -0.15) is 4.99 Å². The van der Waals surface area contributed by atoms with Crippen molar-refractivity contribution in [2.45, 2.75) is 17.8 Å². The summed E-state index contributed by atoms with van der Waals surface area (Å²) in [6.45, 7) is 1.99. The number of carbonyl (C=O) groups excluding carboxylic acids is 1. The minimum Gasteiger partial charge on any atom is -0.211 e. The van der Waals surface area contributed by atoms with E-state index in [0.717, 1.165) is 11.1 Å². The van der Waals surface area contributed by atoms with Gasteiger partial charge in [0.1, 0.15) is 0 Å². The molecule has 0 spiro atoms. The molecule has 14 heavy (non-hydrogen) atoms. The van der Waals surface area contributed by atoms with Gasteiger partial charge in [0, 0.05) is 6.42 Å². The van der Waals surface area contributed by atoms with Crippen molar-refractivity contribution in [2.75, 3.05) is 0 Å². The molecule has 0 aliphatic rings. The molecule has 0 saturated carbocycles. The Bertz CT molecular complexity index is 353.